The summed E-state index contributed by atoms with van der Waals surface area (Å²) in [5, 5.41) is 20.1. The van der Waals surface area contributed by atoms with Crippen LogP contribution in [0.1, 0.15) is 26.5 Å². The van der Waals surface area contributed by atoms with Crippen molar-refractivity contribution >= 4 is 51.8 Å². The molecule has 0 radical (unpaired) electrons. The van der Waals surface area contributed by atoms with E-state index in [1.165, 1.54) is 0 Å². The summed E-state index contributed by atoms with van der Waals surface area (Å²) < 4.78 is 7.56. The van der Waals surface area contributed by atoms with Crippen LogP contribution in [0.15, 0.2) is 18.5 Å². The minimum atomic E-state index is -0.678. The Balaban J connectivity index is 1.93. The lowest BCUT2D eigenvalue weighted by atomic mass is 10.0. The molecule has 1 aliphatic heterocycles. The number of nitrogens with zero attached hydrogens (tertiary/aromatic N) is 3. The molecule has 1 aliphatic rings. The lowest BCUT2D eigenvalue weighted by Gasteiger charge is -2.31. The number of benzene rings is 1. The van der Waals surface area contributed by atoms with Crippen LogP contribution in [-0.2, 0) is 22.6 Å². The predicted octanol–water partition coefficient (Wildman–Crippen LogP) is 4.02. The molecule has 1 aromatic carbocycles. The molecule has 9 nitrogen and oxygen atoms in total. The number of aromatic nitrogens is 3. The Morgan fingerprint density at radius 1 is 1.31 bits per heavy atom. The van der Waals surface area contributed by atoms with Gasteiger partial charge in [-0.05, 0) is 26.8 Å². The van der Waals surface area contributed by atoms with Crippen molar-refractivity contribution in [2.75, 3.05) is 18.5 Å². The summed E-state index contributed by atoms with van der Waals surface area (Å²) in [6.07, 6.45) is 2.97. The van der Waals surface area contributed by atoms with Crippen molar-refractivity contribution in [1.82, 2.24) is 19.7 Å². The zero-order valence-corrected chi connectivity index (χ0v) is 19.3. The topological polar surface area (TPSA) is 112 Å². The Hall–Kier alpha value is -2.75. The van der Waals surface area contributed by atoms with E-state index >= 15 is 0 Å². The standard InChI is InChI=1S/C21H23Cl2N5O4/c1-21(2,3)32-20(31)27-4-5-28-14(9-27)16(11-7-24-25-8-11)17-13(26-15(30)10-29)6-12(22)18(23)19(17)28/h6-8,29H,4-5,9-10H2,1-3H3,(H,24,25)(H,26,30). The monoisotopic (exact) mass is 479 g/mol. The second-order valence-corrected chi connectivity index (χ2v) is 9.30. The zero-order chi connectivity index (χ0) is 23.2. The molecule has 11 heteroatoms. The number of nitrogens with one attached hydrogen (secondary N) is 2. The molecule has 2 amide bonds. The first-order valence-corrected chi connectivity index (χ1v) is 10.8. The number of aromatic amines is 1. The summed E-state index contributed by atoms with van der Waals surface area (Å²) in [4.78, 5) is 26.4. The molecular weight excluding hydrogens is 457 g/mol. The molecule has 0 aliphatic carbocycles. The van der Waals surface area contributed by atoms with E-state index < -0.39 is 24.2 Å². The van der Waals surface area contributed by atoms with Crippen LogP contribution in [0.2, 0.25) is 10.0 Å². The SMILES string of the molecule is CC(C)(C)OC(=O)N1CCn2c(c(-c3cn[nH]c3)c3c(NC(=O)CO)cc(Cl)c(Cl)c32)C1. The van der Waals surface area contributed by atoms with Gasteiger partial charge in [0.2, 0.25) is 5.91 Å². The summed E-state index contributed by atoms with van der Waals surface area (Å²) in [6, 6.07) is 1.56. The number of H-pyrrole nitrogens is 1. The number of ether oxygens (including phenoxy) is 1. The first-order valence-electron chi connectivity index (χ1n) is 10.0. The molecule has 0 atom stereocenters. The number of hydrogen-bond acceptors (Lipinski definition) is 5. The third-order valence-corrected chi connectivity index (χ3v) is 5.90. The summed E-state index contributed by atoms with van der Waals surface area (Å²) in [5.74, 6) is -0.581. The Kier molecular flexibility index (Phi) is 5.83. The van der Waals surface area contributed by atoms with Gasteiger partial charge in [-0.2, -0.15) is 5.10 Å². The van der Waals surface area contributed by atoms with Gasteiger partial charge in [-0.3, -0.25) is 9.89 Å². The fourth-order valence-corrected chi connectivity index (χ4v) is 4.34. The number of carbonyl (C=O) groups excluding carboxylic acids is 2. The lowest BCUT2D eigenvalue weighted by Crippen LogP contribution is -2.41. The van der Waals surface area contributed by atoms with Crippen molar-refractivity contribution in [2.45, 2.75) is 39.5 Å². The van der Waals surface area contributed by atoms with Crippen LogP contribution in [-0.4, -0.2) is 55.5 Å². The second-order valence-electron chi connectivity index (χ2n) is 8.51. The average molecular weight is 480 g/mol. The fourth-order valence-electron chi connectivity index (χ4n) is 3.89. The largest absolute Gasteiger partial charge is 0.444 e. The number of carbonyl (C=O) groups is 2. The lowest BCUT2D eigenvalue weighted by molar-refractivity contribution is -0.118. The van der Waals surface area contributed by atoms with E-state index in [1.807, 2.05) is 25.3 Å². The molecule has 0 unspecified atom stereocenters. The van der Waals surface area contributed by atoms with Crippen LogP contribution < -0.4 is 5.32 Å². The first kappa shape index (κ1) is 22.4. The third-order valence-electron chi connectivity index (χ3n) is 5.12. The molecule has 4 rings (SSSR count). The molecular formula is C21H23Cl2N5O4. The van der Waals surface area contributed by atoms with E-state index in [0.717, 1.165) is 16.8 Å². The quantitative estimate of drug-likeness (QED) is 0.524. The van der Waals surface area contributed by atoms with Crippen molar-refractivity contribution < 1.29 is 19.4 Å². The molecule has 0 saturated heterocycles. The Morgan fingerprint density at radius 2 is 2.06 bits per heavy atom. The van der Waals surface area contributed by atoms with Gasteiger partial charge in [0.05, 0.1) is 34.0 Å². The van der Waals surface area contributed by atoms with Gasteiger partial charge < -0.3 is 24.6 Å². The third kappa shape index (κ3) is 4.03. The van der Waals surface area contributed by atoms with Crippen molar-refractivity contribution in [3.63, 3.8) is 0 Å². The van der Waals surface area contributed by atoms with Gasteiger partial charge >= 0.3 is 6.09 Å². The number of anilines is 1. The van der Waals surface area contributed by atoms with E-state index in [0.29, 0.717) is 34.7 Å². The molecule has 0 spiro atoms. The highest BCUT2D eigenvalue weighted by Gasteiger charge is 2.32. The van der Waals surface area contributed by atoms with Crippen LogP contribution in [0.25, 0.3) is 22.0 Å². The van der Waals surface area contributed by atoms with Gasteiger partial charge in [-0.1, -0.05) is 23.2 Å². The smallest absolute Gasteiger partial charge is 0.410 e. The van der Waals surface area contributed by atoms with Crippen LogP contribution in [0, 0.1) is 0 Å². The average Bonchev–Trinajstić information content (AvgIpc) is 3.35. The zero-order valence-electron chi connectivity index (χ0n) is 17.8. The maximum Gasteiger partial charge on any atom is 0.410 e. The van der Waals surface area contributed by atoms with E-state index in [4.69, 9.17) is 27.9 Å². The summed E-state index contributed by atoms with van der Waals surface area (Å²) in [5.41, 5.74) is 2.76. The number of hydrogen-bond donors (Lipinski definition) is 3. The maximum absolute atomic E-state index is 12.8. The van der Waals surface area contributed by atoms with Gasteiger partial charge in [0.1, 0.15) is 12.2 Å². The summed E-state index contributed by atoms with van der Waals surface area (Å²) >= 11 is 13.0. The normalized spacial score (nSPS) is 13.9. The van der Waals surface area contributed by atoms with E-state index in [9.17, 15) is 14.7 Å². The van der Waals surface area contributed by atoms with Gasteiger partial charge in [-0.15, -0.1) is 0 Å². The van der Waals surface area contributed by atoms with Crippen molar-refractivity contribution in [3.8, 4) is 11.1 Å². The van der Waals surface area contributed by atoms with Gasteiger partial charge in [0, 0.05) is 41.5 Å². The minimum Gasteiger partial charge on any atom is -0.444 e. The molecule has 32 heavy (non-hydrogen) atoms. The Labute approximate surface area is 194 Å². The van der Waals surface area contributed by atoms with Crippen molar-refractivity contribution in [2.24, 2.45) is 0 Å². The highest BCUT2D eigenvalue weighted by Crippen LogP contribution is 2.46. The summed E-state index contributed by atoms with van der Waals surface area (Å²) in [6.45, 7) is 5.92. The molecule has 3 heterocycles. The summed E-state index contributed by atoms with van der Waals surface area (Å²) in [7, 11) is 0. The molecule has 0 saturated carbocycles. The molecule has 2 aromatic heterocycles. The number of aliphatic hydroxyl groups is 1. The van der Waals surface area contributed by atoms with Crippen LogP contribution in [0.3, 0.4) is 0 Å². The first-order chi connectivity index (χ1) is 15.1. The number of amides is 2. The van der Waals surface area contributed by atoms with Crippen molar-refractivity contribution in [3.05, 3.63) is 34.2 Å². The van der Waals surface area contributed by atoms with Crippen LogP contribution in [0.5, 0.6) is 0 Å². The molecule has 0 fully saturated rings. The fraction of sp³-hybridized carbons (Fsp3) is 0.381. The molecule has 3 aromatic rings. The Bertz CT molecular complexity index is 1200. The number of fused-ring (bicyclic) bond motifs is 3. The van der Waals surface area contributed by atoms with E-state index in [-0.39, 0.29) is 11.6 Å². The molecule has 170 valence electrons. The Morgan fingerprint density at radius 3 is 2.69 bits per heavy atom. The van der Waals surface area contributed by atoms with Crippen LogP contribution >= 0.6 is 23.2 Å². The van der Waals surface area contributed by atoms with E-state index in [2.05, 4.69) is 15.5 Å². The van der Waals surface area contributed by atoms with Crippen molar-refractivity contribution in [1.29, 1.82) is 0 Å². The number of aliphatic hydroxyl groups excluding tert-OH is 1. The second kappa shape index (κ2) is 8.31. The van der Waals surface area contributed by atoms with Gasteiger partial charge in [0.15, 0.2) is 0 Å². The van der Waals surface area contributed by atoms with Gasteiger partial charge in [-0.25, -0.2) is 4.79 Å². The number of halogens is 2. The highest BCUT2D eigenvalue weighted by molar-refractivity contribution is 6.46. The van der Waals surface area contributed by atoms with E-state index in [1.54, 1.807) is 23.4 Å². The molecule has 0 bridgehead atoms. The highest BCUT2D eigenvalue weighted by atomic mass is 35.5. The maximum atomic E-state index is 12.8. The minimum absolute atomic E-state index is 0.265. The van der Waals surface area contributed by atoms with Crippen LogP contribution in [0.4, 0.5) is 10.5 Å². The van der Waals surface area contributed by atoms with Gasteiger partial charge in [0.25, 0.3) is 0 Å². The predicted molar refractivity (Wildman–Crippen MR) is 122 cm³/mol. The molecule has 3 N–H and O–H groups in total. The number of rotatable bonds is 3.